The molecule has 0 fully saturated rings. The lowest BCUT2D eigenvalue weighted by Gasteiger charge is -2.18. The van der Waals surface area contributed by atoms with Crippen LogP contribution in [0.15, 0.2) is 38.6 Å². The number of hydrogen-bond acceptors (Lipinski definition) is 2. The van der Waals surface area contributed by atoms with Crippen molar-refractivity contribution in [2.24, 2.45) is 0 Å². The Kier molecular flexibility index (Phi) is 5.63. The summed E-state index contributed by atoms with van der Waals surface area (Å²) < 4.78 is 2.38. The summed E-state index contributed by atoms with van der Waals surface area (Å²) in [6, 6.07) is 11.3. The number of nitrogens with one attached hydrogen (secondary N) is 1. The number of benzene rings is 1. The molecule has 0 aliphatic heterocycles. The van der Waals surface area contributed by atoms with Crippen LogP contribution in [0.3, 0.4) is 0 Å². The minimum Gasteiger partial charge on any atom is -0.310 e. The third-order valence-corrected chi connectivity index (χ3v) is 5.58. The standard InChI is InChI=1S/C15H17Br2NS/c1-3-18-14(9-12-6-7-15(17)19-12)11-5-4-10(2)13(16)8-11/h4-8,14,18H,3,9H2,1-2H3. The van der Waals surface area contributed by atoms with Crippen molar-refractivity contribution in [3.8, 4) is 0 Å². The summed E-state index contributed by atoms with van der Waals surface area (Å²) in [5, 5.41) is 3.57. The molecule has 0 bridgehead atoms. The highest BCUT2D eigenvalue weighted by atomic mass is 79.9. The fourth-order valence-corrected chi connectivity index (χ4v) is 3.97. The van der Waals surface area contributed by atoms with Crippen LogP contribution < -0.4 is 5.32 Å². The normalized spacial score (nSPS) is 12.6. The summed E-state index contributed by atoms with van der Waals surface area (Å²) >= 11 is 8.96. The number of halogens is 2. The highest BCUT2D eigenvalue weighted by Gasteiger charge is 2.13. The number of hydrogen-bond donors (Lipinski definition) is 1. The average molecular weight is 403 g/mol. The molecule has 0 spiro atoms. The molecule has 1 aromatic carbocycles. The van der Waals surface area contributed by atoms with Crippen LogP contribution in [0.1, 0.15) is 29.0 Å². The first-order valence-corrected chi connectivity index (χ1v) is 8.74. The number of aryl methyl sites for hydroxylation is 1. The van der Waals surface area contributed by atoms with Crippen molar-refractivity contribution in [1.82, 2.24) is 5.32 Å². The molecule has 0 aliphatic rings. The van der Waals surface area contributed by atoms with Crippen LogP contribution in [0, 0.1) is 6.92 Å². The van der Waals surface area contributed by atoms with Crippen LogP contribution in [0.4, 0.5) is 0 Å². The Morgan fingerprint density at radius 1 is 1.21 bits per heavy atom. The van der Waals surface area contributed by atoms with Crippen molar-refractivity contribution < 1.29 is 0 Å². The first-order chi connectivity index (χ1) is 9.10. The summed E-state index contributed by atoms with van der Waals surface area (Å²) in [5.41, 5.74) is 2.61. The molecule has 0 saturated carbocycles. The van der Waals surface area contributed by atoms with Gasteiger partial charge in [-0.1, -0.05) is 35.0 Å². The molecular weight excluding hydrogens is 386 g/mol. The highest BCUT2D eigenvalue weighted by molar-refractivity contribution is 9.11. The van der Waals surface area contributed by atoms with Crippen LogP contribution in [0.2, 0.25) is 0 Å². The Hall–Kier alpha value is -0.160. The molecule has 1 nitrogen and oxygen atoms in total. The molecule has 2 rings (SSSR count). The third-order valence-electron chi connectivity index (χ3n) is 3.08. The van der Waals surface area contributed by atoms with E-state index in [0.717, 1.165) is 13.0 Å². The van der Waals surface area contributed by atoms with Gasteiger partial charge >= 0.3 is 0 Å². The Balaban J connectivity index is 2.21. The fourth-order valence-electron chi connectivity index (χ4n) is 2.04. The lowest BCUT2D eigenvalue weighted by molar-refractivity contribution is 0.553. The average Bonchev–Trinajstić information content (AvgIpc) is 2.78. The molecule has 1 unspecified atom stereocenters. The van der Waals surface area contributed by atoms with Crippen molar-refractivity contribution in [3.63, 3.8) is 0 Å². The van der Waals surface area contributed by atoms with Crippen LogP contribution in [-0.4, -0.2) is 6.54 Å². The lowest BCUT2D eigenvalue weighted by Crippen LogP contribution is -2.22. The fraction of sp³-hybridized carbons (Fsp3) is 0.333. The molecule has 1 heterocycles. The predicted octanol–water partition coefficient (Wildman–Crippen LogP) is 5.47. The number of likely N-dealkylation sites (N-methyl/N-ethyl adjacent to an activating group) is 1. The maximum Gasteiger partial charge on any atom is 0.0701 e. The predicted molar refractivity (Wildman–Crippen MR) is 91.0 cm³/mol. The quantitative estimate of drug-likeness (QED) is 0.698. The van der Waals surface area contributed by atoms with E-state index in [-0.39, 0.29) is 0 Å². The van der Waals surface area contributed by atoms with Gasteiger partial charge in [0.1, 0.15) is 0 Å². The smallest absolute Gasteiger partial charge is 0.0701 e. The van der Waals surface area contributed by atoms with Crippen LogP contribution >= 0.6 is 43.2 Å². The second-order valence-corrected chi connectivity index (χ2v) is 7.93. The summed E-state index contributed by atoms with van der Waals surface area (Å²) in [6.45, 7) is 5.25. The molecule has 4 heteroatoms. The minimum absolute atomic E-state index is 0.368. The molecular formula is C15H17Br2NS. The molecule has 2 aromatic rings. The van der Waals surface area contributed by atoms with E-state index in [1.54, 1.807) is 0 Å². The van der Waals surface area contributed by atoms with Gasteiger partial charge in [-0.3, -0.25) is 0 Å². The van der Waals surface area contributed by atoms with Gasteiger partial charge in [0.05, 0.1) is 3.79 Å². The van der Waals surface area contributed by atoms with E-state index in [1.165, 1.54) is 24.3 Å². The van der Waals surface area contributed by atoms with Crippen LogP contribution in [-0.2, 0) is 6.42 Å². The van der Waals surface area contributed by atoms with Gasteiger partial charge in [0, 0.05) is 21.8 Å². The van der Waals surface area contributed by atoms with Gasteiger partial charge in [-0.25, -0.2) is 0 Å². The Morgan fingerprint density at radius 2 is 2.00 bits per heavy atom. The molecule has 1 atom stereocenters. The zero-order valence-electron chi connectivity index (χ0n) is 11.0. The highest BCUT2D eigenvalue weighted by Crippen LogP contribution is 2.28. The summed E-state index contributed by atoms with van der Waals surface area (Å²) in [6.07, 6.45) is 1.03. The van der Waals surface area contributed by atoms with Gasteiger partial charge in [0.2, 0.25) is 0 Å². The second-order valence-electron chi connectivity index (χ2n) is 4.53. The van der Waals surface area contributed by atoms with Gasteiger partial charge in [-0.05, 0) is 58.7 Å². The molecule has 1 N–H and O–H groups in total. The molecule has 0 amide bonds. The van der Waals surface area contributed by atoms with Gasteiger partial charge in [0.15, 0.2) is 0 Å². The first kappa shape index (κ1) is 15.2. The minimum atomic E-state index is 0.368. The maximum atomic E-state index is 3.62. The monoisotopic (exact) mass is 401 g/mol. The van der Waals surface area contributed by atoms with Crippen LogP contribution in [0.25, 0.3) is 0 Å². The molecule has 0 aliphatic carbocycles. The lowest BCUT2D eigenvalue weighted by atomic mass is 10.0. The topological polar surface area (TPSA) is 12.0 Å². The third kappa shape index (κ3) is 4.15. The van der Waals surface area contributed by atoms with E-state index >= 15 is 0 Å². The van der Waals surface area contributed by atoms with E-state index in [9.17, 15) is 0 Å². The van der Waals surface area contributed by atoms with Crippen molar-refractivity contribution in [2.45, 2.75) is 26.3 Å². The summed E-state index contributed by atoms with van der Waals surface area (Å²) in [5.74, 6) is 0. The van der Waals surface area contributed by atoms with Crippen molar-refractivity contribution in [1.29, 1.82) is 0 Å². The Labute approximate surface area is 135 Å². The van der Waals surface area contributed by atoms with E-state index < -0.39 is 0 Å². The zero-order chi connectivity index (χ0) is 13.8. The Bertz CT molecular complexity index is 551. The van der Waals surface area contributed by atoms with E-state index in [4.69, 9.17) is 0 Å². The molecule has 19 heavy (non-hydrogen) atoms. The van der Waals surface area contributed by atoms with Gasteiger partial charge < -0.3 is 5.32 Å². The van der Waals surface area contributed by atoms with Gasteiger partial charge in [0.25, 0.3) is 0 Å². The van der Waals surface area contributed by atoms with Gasteiger partial charge in [-0.15, -0.1) is 11.3 Å². The SMILES string of the molecule is CCNC(Cc1ccc(Br)s1)c1ccc(C)c(Br)c1. The molecule has 0 saturated heterocycles. The first-order valence-electron chi connectivity index (χ1n) is 6.33. The van der Waals surface area contributed by atoms with Crippen molar-refractivity contribution in [2.75, 3.05) is 6.54 Å². The number of thiophene rings is 1. The molecule has 1 aromatic heterocycles. The van der Waals surface area contributed by atoms with Crippen molar-refractivity contribution >= 4 is 43.2 Å². The van der Waals surface area contributed by atoms with E-state index in [0.29, 0.717) is 6.04 Å². The molecule has 0 radical (unpaired) electrons. The van der Waals surface area contributed by atoms with Crippen molar-refractivity contribution in [3.05, 3.63) is 54.6 Å². The maximum absolute atomic E-state index is 3.62. The van der Waals surface area contributed by atoms with E-state index in [2.05, 4.69) is 81.4 Å². The van der Waals surface area contributed by atoms with Crippen LogP contribution in [0.5, 0.6) is 0 Å². The summed E-state index contributed by atoms with van der Waals surface area (Å²) in [7, 11) is 0. The Morgan fingerprint density at radius 3 is 2.58 bits per heavy atom. The second kappa shape index (κ2) is 7.02. The number of rotatable bonds is 5. The molecule has 102 valence electrons. The summed E-state index contributed by atoms with van der Waals surface area (Å²) in [4.78, 5) is 1.40. The zero-order valence-corrected chi connectivity index (χ0v) is 15.0. The van der Waals surface area contributed by atoms with Gasteiger partial charge in [-0.2, -0.15) is 0 Å². The van der Waals surface area contributed by atoms with E-state index in [1.807, 2.05) is 11.3 Å². The largest absolute Gasteiger partial charge is 0.310 e.